The Bertz CT molecular complexity index is 1680. The van der Waals surface area contributed by atoms with Crippen LogP contribution in [0.4, 0.5) is 20.2 Å². The molecule has 10 heteroatoms. The minimum atomic E-state index is -0.740. The number of nitrogens with two attached hydrogens (primary N) is 1. The summed E-state index contributed by atoms with van der Waals surface area (Å²) in [5, 5.41) is 7.44. The smallest absolute Gasteiger partial charge is 0.267 e. The monoisotopic (exact) mass is 487 g/mol. The number of nitrogen functional groups attached to an aromatic ring is 1. The molecule has 0 saturated carbocycles. The number of ether oxygens (including phenoxy) is 1. The largest absolute Gasteiger partial charge is 0.452 e. The second-order valence-electron chi connectivity index (χ2n) is 7.99. The highest BCUT2D eigenvalue weighted by Gasteiger charge is 2.16. The zero-order valence-electron chi connectivity index (χ0n) is 18.9. The van der Waals surface area contributed by atoms with E-state index in [4.69, 9.17) is 10.5 Å². The number of amides is 1. The molecule has 0 fully saturated rings. The van der Waals surface area contributed by atoms with E-state index in [-0.39, 0.29) is 22.7 Å². The van der Waals surface area contributed by atoms with Crippen molar-refractivity contribution in [2.75, 3.05) is 11.1 Å². The van der Waals surface area contributed by atoms with Gasteiger partial charge in [0.1, 0.15) is 11.4 Å². The Labute approximate surface area is 203 Å². The molecule has 0 aliphatic rings. The Morgan fingerprint density at radius 2 is 1.81 bits per heavy atom. The minimum absolute atomic E-state index is 0.0960. The van der Waals surface area contributed by atoms with E-state index in [0.717, 1.165) is 17.0 Å². The number of nitrogens with zero attached hydrogens (tertiary/aromatic N) is 3. The second kappa shape index (κ2) is 8.99. The summed E-state index contributed by atoms with van der Waals surface area (Å²) in [4.78, 5) is 25.6. The molecule has 2 heterocycles. The van der Waals surface area contributed by atoms with E-state index in [1.165, 1.54) is 59.3 Å². The van der Waals surface area contributed by atoms with E-state index in [1.54, 1.807) is 30.1 Å². The van der Waals surface area contributed by atoms with Crippen LogP contribution in [0.15, 0.2) is 83.9 Å². The fraction of sp³-hybridized carbons (Fsp3) is 0.0385. The molecule has 0 saturated heterocycles. The van der Waals surface area contributed by atoms with Crippen LogP contribution in [0, 0.1) is 11.6 Å². The molecule has 180 valence electrons. The lowest BCUT2D eigenvalue weighted by Crippen LogP contribution is -2.27. The first-order valence-electron chi connectivity index (χ1n) is 10.8. The fourth-order valence-corrected chi connectivity index (χ4v) is 3.73. The predicted octanol–water partition coefficient (Wildman–Crippen LogP) is 4.63. The number of nitrogens with one attached hydrogen (secondary N) is 1. The maximum Gasteiger partial charge on any atom is 0.267 e. The summed E-state index contributed by atoms with van der Waals surface area (Å²) in [5.74, 6) is -1.75. The van der Waals surface area contributed by atoms with Gasteiger partial charge in [-0.3, -0.25) is 18.8 Å². The molecule has 0 aliphatic carbocycles. The molecule has 1 amide bonds. The average molecular weight is 487 g/mol. The van der Waals surface area contributed by atoms with Gasteiger partial charge < -0.3 is 15.8 Å². The Kier molecular flexibility index (Phi) is 5.69. The van der Waals surface area contributed by atoms with E-state index in [1.807, 2.05) is 0 Å². The van der Waals surface area contributed by atoms with Crippen molar-refractivity contribution in [2.45, 2.75) is 0 Å². The van der Waals surface area contributed by atoms with Crippen molar-refractivity contribution >= 4 is 28.2 Å². The van der Waals surface area contributed by atoms with Gasteiger partial charge in [0.2, 0.25) is 0 Å². The Balaban J connectivity index is 1.36. The highest BCUT2D eigenvalue weighted by atomic mass is 19.1. The van der Waals surface area contributed by atoms with Crippen LogP contribution in [0.5, 0.6) is 11.5 Å². The van der Waals surface area contributed by atoms with Gasteiger partial charge in [0, 0.05) is 36.1 Å². The number of fused-ring (bicyclic) bond motifs is 1. The van der Waals surface area contributed by atoms with Crippen molar-refractivity contribution in [3.8, 4) is 17.2 Å². The zero-order valence-corrected chi connectivity index (χ0v) is 18.9. The molecule has 0 unspecified atom stereocenters. The molecule has 0 spiro atoms. The number of hydrogen-bond acceptors (Lipinski definition) is 5. The third-order valence-electron chi connectivity index (χ3n) is 5.58. The molecule has 0 radical (unpaired) electrons. The molecule has 3 aromatic carbocycles. The summed E-state index contributed by atoms with van der Waals surface area (Å²) in [6.45, 7) is 0. The third-order valence-corrected chi connectivity index (χ3v) is 5.58. The lowest BCUT2D eigenvalue weighted by molar-refractivity contribution is 0.102. The molecule has 0 atom stereocenters. The molecule has 0 aliphatic heterocycles. The van der Waals surface area contributed by atoms with Gasteiger partial charge >= 0.3 is 0 Å². The quantitative estimate of drug-likeness (QED) is 0.352. The van der Waals surface area contributed by atoms with Crippen LogP contribution in [0.1, 0.15) is 10.4 Å². The lowest BCUT2D eigenvalue weighted by atomic mass is 10.2. The van der Waals surface area contributed by atoms with Crippen LogP contribution < -0.4 is 21.3 Å². The van der Waals surface area contributed by atoms with Gasteiger partial charge in [-0.25, -0.2) is 8.78 Å². The van der Waals surface area contributed by atoms with E-state index < -0.39 is 23.1 Å². The maximum absolute atomic E-state index is 14.8. The van der Waals surface area contributed by atoms with E-state index in [2.05, 4.69) is 10.4 Å². The molecular formula is C26H19F2N5O3. The number of anilines is 2. The molecule has 0 bridgehead atoms. The average Bonchev–Trinajstić information content (AvgIpc) is 3.21. The number of carbonyl (C=O) groups is 1. The molecule has 5 aromatic rings. The first-order valence-corrected chi connectivity index (χ1v) is 10.8. The number of pyridine rings is 1. The summed E-state index contributed by atoms with van der Waals surface area (Å²) in [6.07, 6.45) is 3.11. The Hall–Kier alpha value is -4.99. The number of halogens is 2. The number of rotatable bonds is 5. The van der Waals surface area contributed by atoms with Gasteiger partial charge in [-0.15, -0.1) is 0 Å². The van der Waals surface area contributed by atoms with Crippen molar-refractivity contribution in [3.05, 3.63) is 107 Å². The second-order valence-corrected chi connectivity index (χ2v) is 7.99. The van der Waals surface area contributed by atoms with Gasteiger partial charge in [0.15, 0.2) is 17.3 Å². The SMILES string of the molecule is Cn1ncc2cc(Oc3ccc(NC(=O)c4cccn(-c5ccc(F)cc5)c4=O)cc3F)c(N)cc21. The maximum atomic E-state index is 14.8. The van der Waals surface area contributed by atoms with Crippen molar-refractivity contribution < 1.29 is 18.3 Å². The Morgan fingerprint density at radius 3 is 2.56 bits per heavy atom. The molecule has 5 rings (SSSR count). The van der Waals surface area contributed by atoms with Crippen LogP contribution in [-0.2, 0) is 7.05 Å². The van der Waals surface area contributed by atoms with E-state index in [9.17, 15) is 18.4 Å². The number of benzene rings is 3. The van der Waals surface area contributed by atoms with Crippen LogP contribution >= 0.6 is 0 Å². The first kappa shape index (κ1) is 22.8. The highest BCUT2D eigenvalue weighted by molar-refractivity contribution is 6.04. The zero-order chi connectivity index (χ0) is 25.4. The lowest BCUT2D eigenvalue weighted by Gasteiger charge is -2.12. The number of aromatic nitrogens is 3. The molecule has 2 aromatic heterocycles. The summed E-state index contributed by atoms with van der Waals surface area (Å²) >= 11 is 0. The highest BCUT2D eigenvalue weighted by Crippen LogP contribution is 2.33. The summed E-state index contributed by atoms with van der Waals surface area (Å²) < 4.78 is 36.6. The van der Waals surface area contributed by atoms with Crippen LogP contribution in [0.2, 0.25) is 0 Å². The molecule has 3 N–H and O–H groups in total. The van der Waals surface area contributed by atoms with Crippen LogP contribution in [0.25, 0.3) is 16.6 Å². The van der Waals surface area contributed by atoms with Crippen molar-refractivity contribution in [1.29, 1.82) is 0 Å². The van der Waals surface area contributed by atoms with Crippen LogP contribution in [0.3, 0.4) is 0 Å². The minimum Gasteiger partial charge on any atom is -0.452 e. The van der Waals surface area contributed by atoms with Crippen molar-refractivity contribution in [2.24, 2.45) is 7.05 Å². The molecule has 36 heavy (non-hydrogen) atoms. The predicted molar refractivity (Wildman–Crippen MR) is 132 cm³/mol. The Morgan fingerprint density at radius 1 is 1.03 bits per heavy atom. The normalized spacial score (nSPS) is 11.0. The van der Waals surface area contributed by atoms with Gasteiger partial charge in [-0.1, -0.05) is 0 Å². The van der Waals surface area contributed by atoms with E-state index in [0.29, 0.717) is 11.4 Å². The topological polar surface area (TPSA) is 104 Å². The first-order chi connectivity index (χ1) is 17.3. The van der Waals surface area contributed by atoms with Crippen molar-refractivity contribution in [1.82, 2.24) is 14.3 Å². The third kappa shape index (κ3) is 4.27. The fourth-order valence-electron chi connectivity index (χ4n) is 3.73. The molecular weight excluding hydrogens is 468 g/mol. The number of carbonyl (C=O) groups excluding carboxylic acids is 1. The van der Waals surface area contributed by atoms with Gasteiger partial charge in [-0.05, 0) is 60.7 Å². The summed E-state index contributed by atoms with van der Waals surface area (Å²) in [6, 6.07) is 15.3. The van der Waals surface area contributed by atoms with Gasteiger partial charge in [-0.2, -0.15) is 5.10 Å². The summed E-state index contributed by atoms with van der Waals surface area (Å²) in [7, 11) is 1.78. The summed E-state index contributed by atoms with van der Waals surface area (Å²) in [5.41, 5.74) is 6.91. The van der Waals surface area contributed by atoms with Crippen LogP contribution in [-0.4, -0.2) is 20.3 Å². The molecule has 8 nitrogen and oxygen atoms in total. The number of hydrogen-bond donors (Lipinski definition) is 2. The van der Waals surface area contributed by atoms with Gasteiger partial charge in [0.25, 0.3) is 11.5 Å². The van der Waals surface area contributed by atoms with Crippen molar-refractivity contribution in [3.63, 3.8) is 0 Å². The van der Waals surface area contributed by atoms with Gasteiger partial charge in [0.05, 0.1) is 17.4 Å². The standard InChI is InChI=1S/C26H19F2N5O3/c1-32-22-13-21(29)24(11-15(22)14-30-32)36-23-9-6-17(12-20(23)28)31-25(34)19-3-2-10-33(26(19)35)18-7-4-16(27)5-8-18/h2-14H,29H2,1H3,(H,31,34). The number of aryl methyl sites for hydroxylation is 1. The van der Waals surface area contributed by atoms with E-state index >= 15 is 0 Å².